The number of benzene rings is 2. The number of fused-ring (bicyclic) bond motifs is 2. The Labute approximate surface area is 196 Å². The fraction of sp³-hybridized carbons (Fsp3) is 0.273. The normalized spacial score (nSPS) is 11.5. The molecule has 2 heterocycles. The number of amides is 1. The fourth-order valence-electron chi connectivity index (χ4n) is 3.59. The molecule has 0 unspecified atom stereocenters. The van der Waals surface area contributed by atoms with Crippen LogP contribution >= 0.6 is 23.4 Å². The minimum Gasteiger partial charge on any atom is -0.334 e. The molecule has 4 rings (SSSR count). The zero-order valence-corrected chi connectivity index (χ0v) is 19.2. The van der Waals surface area contributed by atoms with Gasteiger partial charge in [0.1, 0.15) is 12.4 Å². The summed E-state index contributed by atoms with van der Waals surface area (Å²) in [5.41, 5.74) is 1.23. The number of alkyl halides is 2. The minimum absolute atomic E-state index is 0.0638. The summed E-state index contributed by atoms with van der Waals surface area (Å²) in [6, 6.07) is 11.8. The summed E-state index contributed by atoms with van der Waals surface area (Å²) in [6.45, 7) is 2.22. The van der Waals surface area contributed by atoms with Crippen molar-refractivity contribution in [2.24, 2.45) is 0 Å². The number of aromatic amines is 1. The summed E-state index contributed by atoms with van der Waals surface area (Å²) in [6.07, 6.45) is 0.665. The van der Waals surface area contributed by atoms with Crippen LogP contribution in [-0.4, -0.2) is 42.6 Å². The number of rotatable bonds is 8. The number of H-pyrrole nitrogens is 1. The second kappa shape index (κ2) is 9.88. The molecule has 33 heavy (non-hydrogen) atoms. The van der Waals surface area contributed by atoms with Gasteiger partial charge in [-0.2, -0.15) is 8.78 Å². The van der Waals surface area contributed by atoms with Gasteiger partial charge in [0.05, 0.1) is 28.5 Å². The third-order valence-corrected chi connectivity index (χ3v) is 5.95. The molecule has 0 spiro atoms. The van der Waals surface area contributed by atoms with Crippen molar-refractivity contribution in [3.05, 3.63) is 63.7 Å². The largest absolute Gasteiger partial charge is 0.334 e. The topological polar surface area (TPSA) is 83.9 Å². The molecule has 0 atom stereocenters. The molecule has 0 aliphatic rings. The zero-order valence-electron chi connectivity index (χ0n) is 17.6. The molecule has 2 aromatic carbocycles. The highest BCUT2D eigenvalue weighted by Gasteiger charge is 2.21. The van der Waals surface area contributed by atoms with E-state index >= 15 is 0 Å². The smallest absolute Gasteiger partial charge is 0.291 e. The molecule has 0 saturated heterocycles. The van der Waals surface area contributed by atoms with E-state index in [0.717, 1.165) is 0 Å². The van der Waals surface area contributed by atoms with Gasteiger partial charge in [-0.05, 0) is 48.5 Å². The quantitative estimate of drug-likeness (QED) is 0.362. The van der Waals surface area contributed by atoms with Gasteiger partial charge in [0.25, 0.3) is 11.3 Å². The molecule has 1 N–H and O–H groups in total. The maximum Gasteiger partial charge on any atom is 0.291 e. The second-order valence-corrected chi connectivity index (χ2v) is 8.73. The van der Waals surface area contributed by atoms with Crippen LogP contribution in [-0.2, 0) is 17.9 Å². The predicted octanol–water partition coefficient (Wildman–Crippen LogP) is 4.68. The lowest BCUT2D eigenvalue weighted by Gasteiger charge is -2.22. The molecule has 1 amide bonds. The summed E-state index contributed by atoms with van der Waals surface area (Å²) in [5.74, 6) is -2.65. The number of hydrogen-bond donors (Lipinski definition) is 1. The van der Waals surface area contributed by atoms with Crippen LogP contribution in [0.5, 0.6) is 0 Å². The third-order valence-electron chi connectivity index (χ3n) is 5.01. The zero-order chi connectivity index (χ0) is 23.5. The van der Waals surface area contributed by atoms with Crippen LogP contribution in [0.25, 0.3) is 21.9 Å². The monoisotopic (exact) mass is 491 g/mol. The molecule has 172 valence electrons. The molecule has 4 aromatic rings. The maximum absolute atomic E-state index is 13.2. The van der Waals surface area contributed by atoms with E-state index < -0.39 is 5.76 Å². The Kier molecular flexibility index (Phi) is 6.94. The van der Waals surface area contributed by atoms with Crippen molar-refractivity contribution in [1.29, 1.82) is 0 Å². The number of halogens is 3. The van der Waals surface area contributed by atoms with Crippen molar-refractivity contribution < 1.29 is 13.6 Å². The van der Waals surface area contributed by atoms with Gasteiger partial charge in [-0.15, -0.1) is 0 Å². The van der Waals surface area contributed by atoms with Gasteiger partial charge in [0, 0.05) is 11.6 Å². The second-order valence-electron chi connectivity index (χ2n) is 7.34. The Morgan fingerprint density at radius 2 is 2.00 bits per heavy atom. The summed E-state index contributed by atoms with van der Waals surface area (Å²) in [4.78, 5) is 38.6. The molecular formula is C22H20ClF2N5O2S. The number of hydrogen-bond acceptors (Lipinski definition) is 5. The van der Waals surface area contributed by atoms with Crippen molar-refractivity contribution in [2.45, 2.75) is 37.3 Å². The van der Waals surface area contributed by atoms with E-state index in [9.17, 15) is 18.4 Å². The molecule has 2 aromatic heterocycles. The first-order valence-corrected chi connectivity index (χ1v) is 11.5. The Morgan fingerprint density at radius 1 is 1.21 bits per heavy atom. The number of imidazole rings is 1. The number of carbonyl (C=O) groups is 1. The predicted molar refractivity (Wildman–Crippen MR) is 125 cm³/mol. The van der Waals surface area contributed by atoms with Crippen molar-refractivity contribution >= 4 is 51.2 Å². The van der Waals surface area contributed by atoms with Gasteiger partial charge in [0.2, 0.25) is 5.91 Å². The van der Waals surface area contributed by atoms with Crippen LogP contribution in [0.2, 0.25) is 5.02 Å². The van der Waals surface area contributed by atoms with Crippen molar-refractivity contribution in [1.82, 2.24) is 24.4 Å². The van der Waals surface area contributed by atoms with Crippen molar-refractivity contribution in [2.75, 3.05) is 6.54 Å². The highest BCUT2D eigenvalue weighted by Crippen LogP contribution is 2.28. The molecule has 0 fully saturated rings. The van der Waals surface area contributed by atoms with E-state index in [2.05, 4.69) is 15.0 Å². The van der Waals surface area contributed by atoms with Gasteiger partial charge in [0.15, 0.2) is 5.16 Å². The SMILES string of the molecule is CCCN(Cc1nc2cc(Cl)ccc2c(=O)[nH]1)C(=O)Cn1c(SC(F)F)nc2ccccc21. The number of carbonyl (C=O) groups excluding carboxylic acids is 1. The molecule has 0 bridgehead atoms. The molecule has 0 saturated carbocycles. The highest BCUT2D eigenvalue weighted by molar-refractivity contribution is 7.99. The minimum atomic E-state index is -2.67. The van der Waals surface area contributed by atoms with Gasteiger partial charge in [-0.1, -0.05) is 30.7 Å². The van der Waals surface area contributed by atoms with Crippen LogP contribution in [0, 0.1) is 0 Å². The van der Waals surface area contributed by atoms with E-state index in [-0.39, 0.29) is 29.7 Å². The van der Waals surface area contributed by atoms with Crippen LogP contribution in [0.15, 0.2) is 52.4 Å². The number of nitrogens with one attached hydrogen (secondary N) is 1. The van der Waals surface area contributed by atoms with E-state index in [1.165, 1.54) is 4.57 Å². The first-order valence-electron chi connectivity index (χ1n) is 10.2. The maximum atomic E-state index is 13.2. The first-order chi connectivity index (χ1) is 15.9. The van der Waals surface area contributed by atoms with Gasteiger partial charge >= 0.3 is 0 Å². The van der Waals surface area contributed by atoms with E-state index in [1.807, 2.05) is 6.92 Å². The number of nitrogens with zero attached hydrogens (tertiary/aromatic N) is 4. The molecule has 0 aliphatic heterocycles. The average Bonchev–Trinajstić information content (AvgIpc) is 3.09. The van der Waals surface area contributed by atoms with Crippen LogP contribution in [0.3, 0.4) is 0 Å². The van der Waals surface area contributed by atoms with Gasteiger partial charge in [-0.3, -0.25) is 9.59 Å². The molecule has 7 nitrogen and oxygen atoms in total. The number of thioether (sulfide) groups is 1. The summed E-state index contributed by atoms with van der Waals surface area (Å²) in [7, 11) is 0. The average molecular weight is 492 g/mol. The Bertz CT molecular complexity index is 1370. The van der Waals surface area contributed by atoms with E-state index in [1.54, 1.807) is 47.4 Å². The molecular weight excluding hydrogens is 472 g/mol. The number of para-hydroxylation sites is 2. The van der Waals surface area contributed by atoms with Crippen LogP contribution in [0.4, 0.5) is 8.78 Å². The van der Waals surface area contributed by atoms with Gasteiger partial charge < -0.3 is 14.5 Å². The highest BCUT2D eigenvalue weighted by atomic mass is 35.5. The Balaban J connectivity index is 1.64. The van der Waals surface area contributed by atoms with Crippen molar-refractivity contribution in [3.8, 4) is 0 Å². The molecule has 0 radical (unpaired) electrons. The van der Waals surface area contributed by atoms with Crippen molar-refractivity contribution in [3.63, 3.8) is 0 Å². The lowest BCUT2D eigenvalue weighted by atomic mass is 10.2. The Hall–Kier alpha value is -2.98. The van der Waals surface area contributed by atoms with Crippen LogP contribution < -0.4 is 5.56 Å². The first kappa shape index (κ1) is 23.2. The fourth-order valence-corrected chi connectivity index (χ4v) is 4.36. The number of aromatic nitrogens is 4. The summed E-state index contributed by atoms with van der Waals surface area (Å²) < 4.78 is 27.7. The summed E-state index contributed by atoms with van der Waals surface area (Å²) in [5, 5.41) is 0.919. The third kappa shape index (κ3) is 5.17. The van der Waals surface area contributed by atoms with Gasteiger partial charge in [-0.25, -0.2) is 9.97 Å². The van der Waals surface area contributed by atoms with E-state index in [4.69, 9.17) is 11.6 Å². The van der Waals surface area contributed by atoms with E-state index in [0.29, 0.717) is 57.5 Å². The summed E-state index contributed by atoms with van der Waals surface area (Å²) >= 11 is 6.33. The molecule has 11 heteroatoms. The standard InChI is InChI=1S/C22H20ClF2N5O2S/c1-2-9-29(11-18-26-16-10-13(23)7-8-14(16)20(32)28-18)19(31)12-30-17-6-4-3-5-15(17)27-22(30)33-21(24)25/h3-8,10,21H,2,9,11-12H2,1H3,(H,26,28,32). The Morgan fingerprint density at radius 3 is 2.76 bits per heavy atom. The van der Waals surface area contributed by atoms with Crippen LogP contribution in [0.1, 0.15) is 19.2 Å². The lowest BCUT2D eigenvalue weighted by molar-refractivity contribution is -0.132. The molecule has 0 aliphatic carbocycles. The lowest BCUT2D eigenvalue weighted by Crippen LogP contribution is -2.35.